The minimum absolute atomic E-state index is 0. The van der Waals surface area contributed by atoms with E-state index in [-0.39, 0.29) is 29.4 Å². The van der Waals surface area contributed by atoms with Gasteiger partial charge in [-0.1, -0.05) is 27.7 Å². The normalized spacial score (nSPS) is 16.7. The van der Waals surface area contributed by atoms with Gasteiger partial charge < -0.3 is 24.9 Å². The van der Waals surface area contributed by atoms with Gasteiger partial charge in [-0.25, -0.2) is 4.98 Å². The quantitative estimate of drug-likeness (QED) is 0.245. The predicted molar refractivity (Wildman–Crippen MR) is 127 cm³/mol. The van der Waals surface area contributed by atoms with Crippen LogP contribution in [0.2, 0.25) is 0 Å². The highest BCUT2D eigenvalue weighted by Crippen LogP contribution is 2.22. The zero-order valence-electron chi connectivity index (χ0n) is 18.3. The van der Waals surface area contributed by atoms with Gasteiger partial charge in [0.2, 0.25) is 5.89 Å². The Balaban J connectivity index is 0.00000392. The lowest BCUT2D eigenvalue weighted by Crippen LogP contribution is -2.46. The fourth-order valence-electron chi connectivity index (χ4n) is 3.11. The molecule has 0 spiro atoms. The lowest BCUT2D eigenvalue weighted by atomic mass is 9.94. The van der Waals surface area contributed by atoms with E-state index < -0.39 is 0 Å². The Morgan fingerprint density at radius 3 is 2.39 bits per heavy atom. The number of oxazole rings is 1. The standard InChI is InChI=1S/C20H38N6O.HI/c1-6-25-11-13-26(14-12-25)10-8-7-9-22-19(21-5)24-16-18-23-15-17(27-18)20(2,3)4;/h15H,6-14,16H2,1-5H3,(H2,21,22,24);1H. The number of likely N-dealkylation sites (N-methyl/N-ethyl adjacent to an activating group) is 1. The molecule has 0 saturated carbocycles. The molecule has 2 rings (SSSR count). The maximum atomic E-state index is 5.80. The van der Waals surface area contributed by atoms with Gasteiger partial charge in [-0.3, -0.25) is 4.99 Å². The van der Waals surface area contributed by atoms with Crippen LogP contribution in [0.25, 0.3) is 0 Å². The summed E-state index contributed by atoms with van der Waals surface area (Å²) in [5, 5.41) is 6.64. The molecule has 1 aliphatic heterocycles. The highest BCUT2D eigenvalue weighted by atomic mass is 127. The SMILES string of the molecule is CCN1CCN(CCCCNC(=NC)NCc2ncc(C(C)(C)C)o2)CC1.I. The monoisotopic (exact) mass is 506 g/mol. The van der Waals surface area contributed by atoms with Crippen molar-refractivity contribution in [3.05, 3.63) is 17.8 Å². The van der Waals surface area contributed by atoms with Gasteiger partial charge in [0.1, 0.15) is 5.76 Å². The number of nitrogens with one attached hydrogen (secondary N) is 2. The average molecular weight is 506 g/mol. The summed E-state index contributed by atoms with van der Waals surface area (Å²) in [5.41, 5.74) is -0.0195. The molecule has 0 atom stereocenters. The number of nitrogens with zero attached hydrogens (tertiary/aromatic N) is 4. The van der Waals surface area contributed by atoms with Crippen LogP contribution < -0.4 is 10.6 Å². The fraction of sp³-hybridized carbons (Fsp3) is 0.800. The molecule has 1 aromatic rings. The van der Waals surface area contributed by atoms with Crippen LogP contribution in [0.15, 0.2) is 15.6 Å². The van der Waals surface area contributed by atoms with E-state index in [9.17, 15) is 0 Å². The number of unbranched alkanes of at least 4 members (excludes halogenated alkanes) is 1. The van der Waals surface area contributed by atoms with Crippen LogP contribution in [0.5, 0.6) is 0 Å². The second-order valence-electron chi connectivity index (χ2n) is 8.20. The van der Waals surface area contributed by atoms with Crippen molar-refractivity contribution < 1.29 is 4.42 Å². The number of aliphatic imine (C=N–C) groups is 1. The van der Waals surface area contributed by atoms with E-state index in [1.165, 1.54) is 45.7 Å². The topological polar surface area (TPSA) is 68.9 Å². The number of piperazine rings is 1. The van der Waals surface area contributed by atoms with E-state index in [1.54, 1.807) is 7.05 Å². The van der Waals surface area contributed by atoms with Gasteiger partial charge in [-0.05, 0) is 25.9 Å². The van der Waals surface area contributed by atoms with Gasteiger partial charge in [-0.2, -0.15) is 0 Å². The Morgan fingerprint density at radius 1 is 1.14 bits per heavy atom. The maximum Gasteiger partial charge on any atom is 0.213 e. The molecule has 0 amide bonds. The summed E-state index contributed by atoms with van der Waals surface area (Å²) in [4.78, 5) is 13.7. The fourth-order valence-corrected chi connectivity index (χ4v) is 3.11. The second-order valence-corrected chi connectivity index (χ2v) is 8.20. The van der Waals surface area contributed by atoms with E-state index in [2.05, 4.69) is 58.1 Å². The molecule has 8 heteroatoms. The molecule has 28 heavy (non-hydrogen) atoms. The molecule has 0 bridgehead atoms. The molecular weight excluding hydrogens is 467 g/mol. The summed E-state index contributed by atoms with van der Waals surface area (Å²) in [7, 11) is 1.79. The van der Waals surface area contributed by atoms with Crippen LogP contribution in [0.4, 0.5) is 0 Å². The smallest absolute Gasteiger partial charge is 0.213 e. The maximum absolute atomic E-state index is 5.80. The minimum Gasteiger partial charge on any atom is -0.443 e. The molecule has 162 valence electrons. The van der Waals surface area contributed by atoms with Crippen LogP contribution in [0, 0.1) is 0 Å². The molecule has 2 N–H and O–H groups in total. The first-order valence-electron chi connectivity index (χ1n) is 10.3. The predicted octanol–water partition coefficient (Wildman–Crippen LogP) is 2.67. The van der Waals surface area contributed by atoms with E-state index in [0.717, 1.165) is 24.7 Å². The Labute approximate surface area is 187 Å². The molecule has 7 nitrogen and oxygen atoms in total. The van der Waals surface area contributed by atoms with Gasteiger partial charge >= 0.3 is 0 Å². The number of hydrogen-bond acceptors (Lipinski definition) is 5. The summed E-state index contributed by atoms with van der Waals surface area (Å²) in [6, 6.07) is 0. The van der Waals surface area contributed by atoms with Crippen molar-refractivity contribution in [3.8, 4) is 0 Å². The molecule has 0 radical (unpaired) electrons. The van der Waals surface area contributed by atoms with Crippen molar-refractivity contribution in [2.24, 2.45) is 4.99 Å². The molecule has 1 fully saturated rings. The molecular formula is C20H39IN6O. The Hall–Kier alpha value is -0.870. The second kappa shape index (κ2) is 12.6. The van der Waals surface area contributed by atoms with Crippen LogP contribution in [0.1, 0.15) is 52.2 Å². The van der Waals surface area contributed by atoms with Crippen LogP contribution >= 0.6 is 24.0 Å². The van der Waals surface area contributed by atoms with Gasteiger partial charge in [0, 0.05) is 45.2 Å². The first-order chi connectivity index (χ1) is 12.9. The molecule has 0 aromatic carbocycles. The Kier molecular flexibility index (Phi) is 11.4. The number of guanidine groups is 1. The largest absolute Gasteiger partial charge is 0.443 e. The summed E-state index contributed by atoms with van der Waals surface area (Å²) < 4.78 is 5.80. The zero-order chi connectivity index (χ0) is 19.7. The van der Waals surface area contributed by atoms with Crippen molar-refractivity contribution in [1.82, 2.24) is 25.4 Å². The first kappa shape index (κ1) is 25.2. The van der Waals surface area contributed by atoms with E-state index in [1.807, 2.05) is 6.20 Å². The summed E-state index contributed by atoms with van der Waals surface area (Å²) in [5.74, 6) is 2.39. The highest BCUT2D eigenvalue weighted by molar-refractivity contribution is 14.0. The average Bonchev–Trinajstić information content (AvgIpc) is 3.14. The number of aromatic nitrogens is 1. The molecule has 1 aliphatic rings. The Morgan fingerprint density at radius 2 is 1.82 bits per heavy atom. The third-order valence-corrected chi connectivity index (χ3v) is 5.03. The van der Waals surface area contributed by atoms with Crippen molar-refractivity contribution in [1.29, 1.82) is 0 Å². The third kappa shape index (κ3) is 8.65. The number of halogens is 1. The highest BCUT2D eigenvalue weighted by Gasteiger charge is 2.19. The van der Waals surface area contributed by atoms with E-state index >= 15 is 0 Å². The van der Waals surface area contributed by atoms with Crippen LogP contribution in [-0.4, -0.2) is 73.6 Å². The van der Waals surface area contributed by atoms with Crippen LogP contribution in [-0.2, 0) is 12.0 Å². The van der Waals surface area contributed by atoms with Gasteiger partial charge in [0.05, 0.1) is 12.7 Å². The lowest BCUT2D eigenvalue weighted by molar-refractivity contribution is 0.136. The van der Waals surface area contributed by atoms with Crippen molar-refractivity contribution in [2.75, 3.05) is 52.9 Å². The van der Waals surface area contributed by atoms with Gasteiger partial charge in [0.15, 0.2) is 5.96 Å². The summed E-state index contributed by atoms with van der Waals surface area (Å²) in [6.07, 6.45) is 4.17. The number of rotatable bonds is 8. The molecule has 2 heterocycles. The van der Waals surface area contributed by atoms with E-state index in [0.29, 0.717) is 12.4 Å². The van der Waals surface area contributed by atoms with Gasteiger partial charge in [-0.15, -0.1) is 24.0 Å². The van der Waals surface area contributed by atoms with Gasteiger partial charge in [0.25, 0.3) is 0 Å². The van der Waals surface area contributed by atoms with Crippen LogP contribution in [0.3, 0.4) is 0 Å². The van der Waals surface area contributed by atoms with E-state index in [4.69, 9.17) is 4.42 Å². The molecule has 1 aromatic heterocycles. The van der Waals surface area contributed by atoms with Crippen molar-refractivity contribution in [3.63, 3.8) is 0 Å². The third-order valence-electron chi connectivity index (χ3n) is 5.03. The zero-order valence-corrected chi connectivity index (χ0v) is 20.6. The lowest BCUT2D eigenvalue weighted by Gasteiger charge is -2.34. The first-order valence-corrected chi connectivity index (χ1v) is 10.3. The molecule has 0 aliphatic carbocycles. The summed E-state index contributed by atoms with van der Waals surface area (Å²) >= 11 is 0. The minimum atomic E-state index is -0.0195. The van der Waals surface area contributed by atoms with Crippen molar-refractivity contribution in [2.45, 2.75) is 52.5 Å². The number of hydrogen-bond donors (Lipinski definition) is 2. The Bertz CT molecular complexity index is 575. The van der Waals surface area contributed by atoms with Crippen molar-refractivity contribution >= 4 is 29.9 Å². The molecule has 0 unspecified atom stereocenters. The molecule has 1 saturated heterocycles. The summed E-state index contributed by atoms with van der Waals surface area (Å²) in [6.45, 7) is 17.3.